The summed E-state index contributed by atoms with van der Waals surface area (Å²) in [6.07, 6.45) is 0. The fourth-order valence-electron chi connectivity index (χ4n) is 1.10. The summed E-state index contributed by atoms with van der Waals surface area (Å²) in [4.78, 5) is 15.7. The first-order valence-electron chi connectivity index (χ1n) is 4.31. The summed E-state index contributed by atoms with van der Waals surface area (Å²) in [7, 11) is 0. The second-order valence-corrected chi connectivity index (χ2v) is 5.44. The van der Waals surface area contributed by atoms with Gasteiger partial charge in [0.15, 0.2) is 0 Å². The Hall–Kier alpha value is -0.720. The number of amides is 1. The molecule has 0 atom stereocenters. The van der Waals surface area contributed by atoms with Crippen LogP contribution in [-0.4, -0.2) is 10.9 Å². The molecule has 1 N–H and O–H groups in total. The lowest BCUT2D eigenvalue weighted by Crippen LogP contribution is -2.12. The second-order valence-electron chi connectivity index (χ2n) is 2.95. The maximum absolute atomic E-state index is 11.7. The van der Waals surface area contributed by atoms with Gasteiger partial charge in [0.2, 0.25) is 0 Å². The topological polar surface area (TPSA) is 42.0 Å². The average molecular weight is 362 g/mol. The highest BCUT2D eigenvalue weighted by molar-refractivity contribution is 9.11. The first kappa shape index (κ1) is 11.8. The molecule has 1 heterocycles. The molecule has 3 nitrogen and oxygen atoms in total. The molecule has 16 heavy (non-hydrogen) atoms. The van der Waals surface area contributed by atoms with Crippen molar-refractivity contribution in [3.8, 4) is 0 Å². The van der Waals surface area contributed by atoms with E-state index in [0.29, 0.717) is 11.4 Å². The number of nitrogens with one attached hydrogen (secondary N) is 1. The quantitative estimate of drug-likeness (QED) is 0.880. The Morgan fingerprint density at radius 2 is 2.19 bits per heavy atom. The van der Waals surface area contributed by atoms with Gasteiger partial charge in [-0.25, -0.2) is 4.98 Å². The largest absolute Gasteiger partial charge is 0.320 e. The highest BCUT2D eigenvalue weighted by Gasteiger charge is 2.09. The minimum absolute atomic E-state index is 0.208. The third-order valence-corrected chi connectivity index (χ3v) is 3.61. The highest BCUT2D eigenvalue weighted by Crippen LogP contribution is 2.26. The summed E-state index contributed by atoms with van der Waals surface area (Å²) in [6.45, 7) is 0. The zero-order valence-corrected chi connectivity index (χ0v) is 11.9. The first-order chi connectivity index (χ1) is 7.66. The fraction of sp³-hybridized carbons (Fsp3) is 0. The number of halogens is 2. The van der Waals surface area contributed by atoms with Gasteiger partial charge in [0, 0.05) is 14.3 Å². The van der Waals surface area contributed by atoms with E-state index in [1.54, 1.807) is 10.9 Å². The first-order valence-corrected chi connectivity index (χ1v) is 6.84. The summed E-state index contributed by atoms with van der Waals surface area (Å²) >= 11 is 8.11. The van der Waals surface area contributed by atoms with Gasteiger partial charge in [-0.05, 0) is 34.1 Å². The van der Waals surface area contributed by atoms with Gasteiger partial charge < -0.3 is 5.32 Å². The van der Waals surface area contributed by atoms with Crippen molar-refractivity contribution < 1.29 is 4.79 Å². The van der Waals surface area contributed by atoms with Crippen molar-refractivity contribution in [1.82, 2.24) is 4.98 Å². The van der Waals surface area contributed by atoms with Crippen LogP contribution in [0.2, 0.25) is 0 Å². The van der Waals surface area contributed by atoms with E-state index in [2.05, 4.69) is 42.2 Å². The molecule has 0 aliphatic heterocycles. The Balaban J connectivity index is 2.21. The fourth-order valence-corrected chi connectivity index (χ4v) is 2.34. The van der Waals surface area contributed by atoms with Crippen molar-refractivity contribution >= 4 is 54.8 Å². The summed E-state index contributed by atoms with van der Waals surface area (Å²) in [6, 6.07) is 5.58. The Bertz CT molecular complexity index is 514. The third kappa shape index (κ3) is 2.69. The van der Waals surface area contributed by atoms with E-state index in [0.717, 1.165) is 8.95 Å². The molecule has 1 aromatic carbocycles. The van der Waals surface area contributed by atoms with Crippen molar-refractivity contribution in [1.29, 1.82) is 0 Å². The number of anilines is 1. The van der Waals surface area contributed by atoms with Crippen molar-refractivity contribution in [2.45, 2.75) is 0 Å². The molecular weight excluding hydrogens is 356 g/mol. The van der Waals surface area contributed by atoms with Crippen LogP contribution in [0.15, 0.2) is 38.0 Å². The smallest absolute Gasteiger partial charge is 0.275 e. The molecule has 82 valence electrons. The molecule has 0 saturated carbocycles. The van der Waals surface area contributed by atoms with E-state index in [-0.39, 0.29) is 5.91 Å². The Morgan fingerprint density at radius 1 is 1.38 bits per heavy atom. The van der Waals surface area contributed by atoms with Gasteiger partial charge in [-0.15, -0.1) is 11.3 Å². The SMILES string of the molecule is O=C(Nc1cc(Br)ccc1Br)c1cscn1. The zero-order valence-electron chi connectivity index (χ0n) is 7.91. The molecule has 0 aliphatic rings. The van der Waals surface area contributed by atoms with Crippen LogP contribution >= 0.6 is 43.2 Å². The molecule has 1 aromatic heterocycles. The van der Waals surface area contributed by atoms with Gasteiger partial charge in [-0.2, -0.15) is 0 Å². The third-order valence-electron chi connectivity index (χ3n) is 1.84. The van der Waals surface area contributed by atoms with Crippen LogP contribution in [-0.2, 0) is 0 Å². The monoisotopic (exact) mass is 360 g/mol. The summed E-state index contributed by atoms with van der Waals surface area (Å²) in [5.41, 5.74) is 2.77. The van der Waals surface area contributed by atoms with Gasteiger partial charge in [-0.1, -0.05) is 15.9 Å². The van der Waals surface area contributed by atoms with Crippen LogP contribution in [0.5, 0.6) is 0 Å². The lowest BCUT2D eigenvalue weighted by molar-refractivity contribution is 0.102. The maximum atomic E-state index is 11.7. The highest BCUT2D eigenvalue weighted by atomic mass is 79.9. The minimum atomic E-state index is -0.208. The minimum Gasteiger partial charge on any atom is -0.320 e. The Labute approximate surface area is 113 Å². The van der Waals surface area contributed by atoms with E-state index in [4.69, 9.17) is 0 Å². The summed E-state index contributed by atoms with van der Waals surface area (Å²) in [5, 5.41) is 4.49. The van der Waals surface area contributed by atoms with E-state index >= 15 is 0 Å². The molecule has 0 bridgehead atoms. The van der Waals surface area contributed by atoms with Crippen LogP contribution in [0, 0.1) is 0 Å². The molecule has 2 aromatic rings. The van der Waals surface area contributed by atoms with E-state index in [1.807, 2.05) is 18.2 Å². The van der Waals surface area contributed by atoms with Gasteiger partial charge in [0.25, 0.3) is 5.91 Å². The number of thiazole rings is 1. The number of benzene rings is 1. The van der Waals surface area contributed by atoms with Gasteiger partial charge in [0.1, 0.15) is 5.69 Å². The van der Waals surface area contributed by atoms with Crippen LogP contribution in [0.3, 0.4) is 0 Å². The van der Waals surface area contributed by atoms with E-state index < -0.39 is 0 Å². The van der Waals surface area contributed by atoms with Crippen molar-refractivity contribution in [2.24, 2.45) is 0 Å². The predicted octanol–water partition coefficient (Wildman–Crippen LogP) is 3.92. The standard InChI is InChI=1S/C10H6Br2N2OS/c11-6-1-2-7(12)8(3-6)14-10(15)9-4-16-5-13-9/h1-5H,(H,14,15). The molecule has 2 rings (SSSR count). The lowest BCUT2D eigenvalue weighted by atomic mass is 10.3. The van der Waals surface area contributed by atoms with Crippen molar-refractivity contribution in [3.63, 3.8) is 0 Å². The van der Waals surface area contributed by atoms with Crippen LogP contribution in [0.4, 0.5) is 5.69 Å². The lowest BCUT2D eigenvalue weighted by Gasteiger charge is -2.06. The molecule has 0 aliphatic carbocycles. The number of hydrogen-bond acceptors (Lipinski definition) is 3. The molecule has 0 saturated heterocycles. The van der Waals surface area contributed by atoms with Crippen LogP contribution in [0.25, 0.3) is 0 Å². The molecule has 0 radical (unpaired) electrons. The number of nitrogens with zero attached hydrogens (tertiary/aromatic N) is 1. The normalized spacial score (nSPS) is 10.1. The molecule has 0 unspecified atom stereocenters. The predicted molar refractivity (Wildman–Crippen MR) is 71.9 cm³/mol. The zero-order chi connectivity index (χ0) is 11.5. The molecule has 6 heteroatoms. The van der Waals surface area contributed by atoms with E-state index in [9.17, 15) is 4.79 Å². The van der Waals surface area contributed by atoms with Crippen molar-refractivity contribution in [2.75, 3.05) is 5.32 Å². The number of rotatable bonds is 2. The van der Waals surface area contributed by atoms with Gasteiger partial charge >= 0.3 is 0 Å². The molecular formula is C10H6Br2N2OS. The van der Waals surface area contributed by atoms with Gasteiger partial charge in [0.05, 0.1) is 11.2 Å². The van der Waals surface area contributed by atoms with Gasteiger partial charge in [-0.3, -0.25) is 4.79 Å². The average Bonchev–Trinajstić information content (AvgIpc) is 2.76. The van der Waals surface area contributed by atoms with E-state index in [1.165, 1.54) is 11.3 Å². The summed E-state index contributed by atoms with van der Waals surface area (Å²) < 4.78 is 1.74. The number of carbonyl (C=O) groups excluding carboxylic acids is 1. The second kappa shape index (κ2) is 5.07. The number of hydrogen-bond donors (Lipinski definition) is 1. The van der Waals surface area contributed by atoms with Crippen LogP contribution in [0.1, 0.15) is 10.5 Å². The number of aromatic nitrogens is 1. The number of carbonyl (C=O) groups is 1. The maximum Gasteiger partial charge on any atom is 0.275 e. The molecule has 0 spiro atoms. The van der Waals surface area contributed by atoms with Crippen molar-refractivity contribution in [3.05, 3.63) is 43.7 Å². The molecule has 0 fully saturated rings. The summed E-state index contributed by atoms with van der Waals surface area (Å²) in [5.74, 6) is -0.208. The Kier molecular flexibility index (Phi) is 3.73. The molecule has 1 amide bonds. The van der Waals surface area contributed by atoms with Crippen LogP contribution < -0.4 is 5.32 Å². The Morgan fingerprint density at radius 3 is 2.88 bits per heavy atom.